The first-order chi connectivity index (χ1) is 19.7. The topological polar surface area (TPSA) is 139 Å². The zero-order chi connectivity index (χ0) is 29.0. The molecule has 4 N–H and O–H groups in total. The van der Waals surface area contributed by atoms with E-state index in [-0.39, 0.29) is 24.8 Å². The van der Waals surface area contributed by atoms with Crippen LogP contribution in [0.3, 0.4) is 0 Å². The van der Waals surface area contributed by atoms with Crippen molar-refractivity contribution in [1.29, 1.82) is 0 Å². The highest BCUT2D eigenvalue weighted by Crippen LogP contribution is 2.32. The molecule has 0 saturated carbocycles. The molecular formula is C31H35N7O3. The molecule has 0 unspecified atom stereocenters. The molecule has 1 aromatic heterocycles. The number of hydrogen-bond donors (Lipinski definition) is 3. The second-order valence-electron chi connectivity index (χ2n) is 11.1. The molecule has 1 aliphatic rings. The Hall–Kier alpha value is -4.41. The molecule has 10 nitrogen and oxygen atoms in total. The lowest BCUT2D eigenvalue weighted by Crippen LogP contribution is -2.49. The van der Waals surface area contributed by atoms with Crippen LogP contribution in [0.2, 0.25) is 0 Å². The summed E-state index contributed by atoms with van der Waals surface area (Å²) >= 11 is 0. The second kappa shape index (κ2) is 12.0. The van der Waals surface area contributed by atoms with E-state index in [1.54, 1.807) is 23.4 Å². The lowest BCUT2D eigenvalue weighted by molar-refractivity contribution is -0.128. The Balaban J connectivity index is 1.40. The number of aryl methyl sites for hydroxylation is 1. The molecule has 0 radical (unpaired) electrons. The number of amides is 2. The summed E-state index contributed by atoms with van der Waals surface area (Å²) in [5.41, 5.74) is 11.0. The molecule has 212 valence electrons. The minimum absolute atomic E-state index is 0.0667. The average Bonchev–Trinajstić information content (AvgIpc) is 3.37. The van der Waals surface area contributed by atoms with Crippen molar-refractivity contribution in [1.82, 2.24) is 25.5 Å². The predicted octanol–water partition coefficient (Wildman–Crippen LogP) is 3.09. The summed E-state index contributed by atoms with van der Waals surface area (Å²) in [7, 11) is 0. The van der Waals surface area contributed by atoms with E-state index >= 15 is 0 Å². The van der Waals surface area contributed by atoms with E-state index in [0.29, 0.717) is 31.8 Å². The third-order valence-electron chi connectivity index (χ3n) is 7.12. The van der Waals surface area contributed by atoms with Gasteiger partial charge in [-0.3, -0.25) is 9.59 Å². The molecule has 0 saturated heterocycles. The first kappa shape index (κ1) is 28.1. The van der Waals surface area contributed by atoms with Crippen molar-refractivity contribution < 1.29 is 14.7 Å². The van der Waals surface area contributed by atoms with Crippen molar-refractivity contribution in [2.45, 2.75) is 57.8 Å². The highest BCUT2D eigenvalue weighted by molar-refractivity contribution is 6.00. The second-order valence-corrected chi connectivity index (χ2v) is 11.1. The molecule has 0 bridgehead atoms. The standard InChI is InChI=1S/C31H35N7O3/c1-31(2,32)19-28(40)33-26-16-15-23-7-3-6-10-27(23)37(30(26)41)20-21-11-13-22(14-12-21)24-8-4-5-9-25(24)29-34-35-36-38(29)17-18-39/h3-14,26,39H,15-20,32H2,1-2H3,(H,33,40)/t26-/m1/s1. The van der Waals surface area contributed by atoms with Crippen LogP contribution >= 0.6 is 0 Å². The first-order valence-corrected chi connectivity index (χ1v) is 13.8. The lowest BCUT2D eigenvalue weighted by Gasteiger charge is -2.27. The Morgan fingerprint density at radius 3 is 2.49 bits per heavy atom. The van der Waals surface area contributed by atoms with Crippen molar-refractivity contribution in [3.05, 3.63) is 83.9 Å². The molecule has 2 heterocycles. The van der Waals surface area contributed by atoms with Crippen LogP contribution in [0, 0.1) is 0 Å². The van der Waals surface area contributed by atoms with Crippen LogP contribution in [-0.4, -0.2) is 55.3 Å². The van der Waals surface area contributed by atoms with E-state index in [1.165, 1.54) is 0 Å². The highest BCUT2D eigenvalue weighted by atomic mass is 16.3. The molecule has 0 spiro atoms. The Bertz CT molecular complexity index is 1530. The Kier molecular flexibility index (Phi) is 8.23. The maximum atomic E-state index is 13.8. The van der Waals surface area contributed by atoms with Crippen LogP contribution in [0.25, 0.3) is 22.5 Å². The van der Waals surface area contributed by atoms with E-state index in [4.69, 9.17) is 5.73 Å². The van der Waals surface area contributed by atoms with Gasteiger partial charge in [0.15, 0.2) is 5.82 Å². The summed E-state index contributed by atoms with van der Waals surface area (Å²) < 4.78 is 1.58. The molecule has 0 aliphatic carbocycles. The molecule has 1 aliphatic heterocycles. The van der Waals surface area contributed by atoms with Crippen LogP contribution < -0.4 is 16.0 Å². The Morgan fingerprint density at radius 2 is 1.76 bits per heavy atom. The summed E-state index contributed by atoms with van der Waals surface area (Å²) in [5.74, 6) is 0.217. The number of aliphatic hydroxyl groups is 1. The Morgan fingerprint density at radius 1 is 1.05 bits per heavy atom. The van der Waals surface area contributed by atoms with Gasteiger partial charge in [0.05, 0.1) is 19.7 Å². The van der Waals surface area contributed by atoms with Crippen LogP contribution in [0.15, 0.2) is 72.8 Å². The molecule has 10 heteroatoms. The lowest BCUT2D eigenvalue weighted by atomic mass is 9.98. The van der Waals surface area contributed by atoms with Crippen LogP contribution in [0.1, 0.15) is 37.8 Å². The number of carbonyl (C=O) groups is 2. The quantitative estimate of drug-likeness (QED) is 0.289. The van der Waals surface area contributed by atoms with E-state index in [1.807, 2.05) is 72.8 Å². The van der Waals surface area contributed by atoms with Gasteiger partial charge in [-0.2, -0.15) is 0 Å². The molecule has 2 amide bonds. The van der Waals surface area contributed by atoms with Crippen molar-refractivity contribution >= 4 is 17.5 Å². The van der Waals surface area contributed by atoms with E-state index in [0.717, 1.165) is 33.5 Å². The number of nitrogens with two attached hydrogens (primary N) is 1. The largest absolute Gasteiger partial charge is 0.394 e. The molecule has 41 heavy (non-hydrogen) atoms. The predicted molar refractivity (Wildman–Crippen MR) is 157 cm³/mol. The van der Waals surface area contributed by atoms with Gasteiger partial charge in [0.25, 0.3) is 0 Å². The number of nitrogens with one attached hydrogen (secondary N) is 1. The van der Waals surface area contributed by atoms with Crippen molar-refractivity contribution in [2.24, 2.45) is 5.73 Å². The third-order valence-corrected chi connectivity index (χ3v) is 7.12. The van der Waals surface area contributed by atoms with Gasteiger partial charge in [-0.25, -0.2) is 4.68 Å². The third kappa shape index (κ3) is 6.50. The summed E-state index contributed by atoms with van der Waals surface area (Å²) in [6, 6.07) is 23.2. The average molecular weight is 554 g/mol. The monoisotopic (exact) mass is 553 g/mol. The fourth-order valence-electron chi connectivity index (χ4n) is 5.22. The maximum Gasteiger partial charge on any atom is 0.249 e. The van der Waals surface area contributed by atoms with Crippen LogP contribution in [0.4, 0.5) is 5.69 Å². The summed E-state index contributed by atoms with van der Waals surface area (Å²) in [6.07, 6.45) is 1.34. The Labute approximate surface area is 239 Å². The summed E-state index contributed by atoms with van der Waals surface area (Å²) in [5, 5.41) is 24.3. The van der Waals surface area contributed by atoms with Gasteiger partial charge in [-0.15, -0.1) is 5.10 Å². The van der Waals surface area contributed by atoms with Gasteiger partial charge in [0.2, 0.25) is 11.8 Å². The summed E-state index contributed by atoms with van der Waals surface area (Å²) in [4.78, 5) is 28.3. The smallest absolute Gasteiger partial charge is 0.249 e. The number of para-hydroxylation sites is 1. The number of nitrogens with zero attached hydrogens (tertiary/aromatic N) is 5. The fourth-order valence-corrected chi connectivity index (χ4v) is 5.22. The number of rotatable bonds is 9. The molecule has 1 atom stereocenters. The zero-order valence-electron chi connectivity index (χ0n) is 23.3. The minimum atomic E-state index is -0.661. The minimum Gasteiger partial charge on any atom is -0.394 e. The number of tetrazole rings is 1. The number of benzene rings is 3. The van der Waals surface area contributed by atoms with E-state index < -0.39 is 11.6 Å². The van der Waals surface area contributed by atoms with Gasteiger partial charge in [-0.05, 0) is 65.4 Å². The van der Waals surface area contributed by atoms with Gasteiger partial charge < -0.3 is 21.1 Å². The number of aliphatic hydroxyl groups excluding tert-OH is 1. The highest BCUT2D eigenvalue weighted by Gasteiger charge is 2.32. The summed E-state index contributed by atoms with van der Waals surface area (Å²) in [6.45, 7) is 4.18. The maximum absolute atomic E-state index is 13.8. The zero-order valence-corrected chi connectivity index (χ0v) is 23.3. The molecule has 4 aromatic rings. The number of aromatic nitrogens is 4. The van der Waals surface area contributed by atoms with Crippen molar-refractivity contribution in [3.8, 4) is 22.5 Å². The van der Waals surface area contributed by atoms with Crippen molar-refractivity contribution in [2.75, 3.05) is 11.5 Å². The van der Waals surface area contributed by atoms with Crippen molar-refractivity contribution in [3.63, 3.8) is 0 Å². The fraction of sp³-hybridized carbons (Fsp3) is 0.323. The van der Waals surface area contributed by atoms with Gasteiger partial charge >= 0.3 is 0 Å². The number of anilines is 1. The van der Waals surface area contributed by atoms with E-state index in [2.05, 4.69) is 20.8 Å². The molecular weight excluding hydrogens is 518 g/mol. The van der Waals surface area contributed by atoms with Crippen LogP contribution in [-0.2, 0) is 29.1 Å². The molecule has 5 rings (SSSR count). The molecule has 3 aromatic carbocycles. The SMILES string of the molecule is CC(C)(N)CC(=O)N[C@@H]1CCc2ccccc2N(Cc2ccc(-c3ccccc3-c3nnnn3CCO)cc2)C1=O. The number of fused-ring (bicyclic) bond motifs is 1. The van der Waals surface area contributed by atoms with Gasteiger partial charge in [0, 0.05) is 23.2 Å². The number of carbonyl (C=O) groups excluding carboxylic acids is 2. The molecule has 0 fully saturated rings. The van der Waals surface area contributed by atoms with E-state index in [9.17, 15) is 14.7 Å². The number of hydrogen-bond acceptors (Lipinski definition) is 7. The normalized spacial score (nSPS) is 15.4. The van der Waals surface area contributed by atoms with Gasteiger partial charge in [0.1, 0.15) is 6.04 Å². The first-order valence-electron chi connectivity index (χ1n) is 13.8. The van der Waals surface area contributed by atoms with Crippen LogP contribution in [0.5, 0.6) is 0 Å². The van der Waals surface area contributed by atoms with Gasteiger partial charge in [-0.1, -0.05) is 66.7 Å².